The monoisotopic (exact) mass is 224 g/mol. The van der Waals surface area contributed by atoms with E-state index >= 15 is 0 Å². The van der Waals surface area contributed by atoms with E-state index in [4.69, 9.17) is 4.74 Å². The van der Waals surface area contributed by atoms with Crippen molar-refractivity contribution >= 4 is 5.91 Å². The zero-order valence-electron chi connectivity index (χ0n) is 10.1. The Morgan fingerprint density at radius 2 is 2.44 bits per heavy atom. The Bertz CT molecular complexity index is 280. The van der Waals surface area contributed by atoms with E-state index in [1.165, 1.54) is 0 Å². The molecule has 1 saturated heterocycles. The normalized spacial score (nSPS) is 21.0. The predicted molar refractivity (Wildman–Crippen MR) is 62.9 cm³/mol. The van der Waals surface area contributed by atoms with Gasteiger partial charge in [-0.15, -0.1) is 0 Å². The molecule has 1 aliphatic heterocycles. The van der Waals surface area contributed by atoms with Gasteiger partial charge in [-0.2, -0.15) is 0 Å². The molecule has 1 fully saturated rings. The Morgan fingerprint density at radius 1 is 1.62 bits per heavy atom. The number of rotatable bonds is 4. The number of nitrogens with one attached hydrogen (secondary N) is 1. The molecule has 1 rings (SSSR count). The zero-order valence-corrected chi connectivity index (χ0v) is 10.1. The van der Waals surface area contributed by atoms with Crippen LogP contribution in [0.25, 0.3) is 0 Å². The zero-order chi connectivity index (χ0) is 11.8. The SMILES string of the molecule is CC#CC(=O)NCCN1CCOCC1CC. The van der Waals surface area contributed by atoms with Crippen LogP contribution < -0.4 is 5.32 Å². The highest BCUT2D eigenvalue weighted by Crippen LogP contribution is 2.08. The summed E-state index contributed by atoms with van der Waals surface area (Å²) in [6.45, 7) is 7.90. The maximum absolute atomic E-state index is 11.1. The van der Waals surface area contributed by atoms with E-state index in [2.05, 4.69) is 29.0 Å². The molecule has 0 aromatic carbocycles. The van der Waals surface area contributed by atoms with Crippen LogP contribution in [0, 0.1) is 11.8 Å². The molecule has 1 atom stereocenters. The van der Waals surface area contributed by atoms with Crippen molar-refractivity contribution in [2.45, 2.75) is 26.3 Å². The second kappa shape index (κ2) is 7.26. The van der Waals surface area contributed by atoms with Gasteiger partial charge in [-0.1, -0.05) is 12.8 Å². The Kier molecular flexibility index (Phi) is 5.91. The molecule has 0 aromatic heterocycles. The smallest absolute Gasteiger partial charge is 0.295 e. The summed E-state index contributed by atoms with van der Waals surface area (Å²) in [5.74, 6) is 4.85. The third-order valence-electron chi connectivity index (χ3n) is 2.74. The lowest BCUT2D eigenvalue weighted by atomic mass is 10.2. The number of ether oxygens (including phenoxy) is 1. The third kappa shape index (κ3) is 4.21. The first kappa shape index (κ1) is 13.0. The van der Waals surface area contributed by atoms with Gasteiger partial charge in [0.25, 0.3) is 5.91 Å². The van der Waals surface area contributed by atoms with Crippen molar-refractivity contribution in [2.75, 3.05) is 32.8 Å². The van der Waals surface area contributed by atoms with Gasteiger partial charge in [0.2, 0.25) is 0 Å². The summed E-state index contributed by atoms with van der Waals surface area (Å²) >= 11 is 0. The largest absolute Gasteiger partial charge is 0.378 e. The first-order valence-electron chi connectivity index (χ1n) is 5.80. The first-order chi connectivity index (χ1) is 7.77. The van der Waals surface area contributed by atoms with Crippen LogP contribution in [0.5, 0.6) is 0 Å². The molecule has 0 aliphatic carbocycles. The molecule has 0 radical (unpaired) electrons. The van der Waals surface area contributed by atoms with Crippen molar-refractivity contribution in [1.29, 1.82) is 0 Å². The molecule has 4 nitrogen and oxygen atoms in total. The fraction of sp³-hybridized carbons (Fsp3) is 0.750. The van der Waals surface area contributed by atoms with Crippen molar-refractivity contribution in [1.82, 2.24) is 10.2 Å². The molecule has 16 heavy (non-hydrogen) atoms. The van der Waals surface area contributed by atoms with Gasteiger partial charge in [0.15, 0.2) is 0 Å². The molecule has 0 bridgehead atoms. The standard InChI is InChI=1S/C12H20N2O2/c1-3-5-12(15)13-6-7-14-8-9-16-10-11(14)4-2/h11H,4,6-10H2,1-2H3,(H,13,15). The van der Waals surface area contributed by atoms with Crippen LogP contribution in [0.15, 0.2) is 0 Å². The minimum absolute atomic E-state index is 0.191. The average Bonchev–Trinajstić information content (AvgIpc) is 2.30. The molecule has 4 heteroatoms. The lowest BCUT2D eigenvalue weighted by molar-refractivity contribution is -0.115. The second-order valence-corrected chi connectivity index (χ2v) is 3.80. The van der Waals surface area contributed by atoms with E-state index in [0.29, 0.717) is 12.6 Å². The maximum Gasteiger partial charge on any atom is 0.295 e. The highest BCUT2D eigenvalue weighted by molar-refractivity contribution is 5.93. The van der Waals surface area contributed by atoms with Crippen LogP contribution in [-0.4, -0.2) is 49.7 Å². The van der Waals surface area contributed by atoms with Crippen LogP contribution in [0.4, 0.5) is 0 Å². The van der Waals surface area contributed by atoms with Gasteiger partial charge in [0, 0.05) is 25.7 Å². The van der Waals surface area contributed by atoms with E-state index in [-0.39, 0.29) is 5.91 Å². The molecule has 0 saturated carbocycles. The van der Waals surface area contributed by atoms with Gasteiger partial charge >= 0.3 is 0 Å². The number of hydrogen-bond acceptors (Lipinski definition) is 3. The van der Waals surface area contributed by atoms with Gasteiger partial charge < -0.3 is 10.1 Å². The highest BCUT2D eigenvalue weighted by atomic mass is 16.5. The highest BCUT2D eigenvalue weighted by Gasteiger charge is 2.20. The summed E-state index contributed by atoms with van der Waals surface area (Å²) in [7, 11) is 0. The van der Waals surface area contributed by atoms with Crippen molar-refractivity contribution < 1.29 is 9.53 Å². The summed E-state index contributed by atoms with van der Waals surface area (Å²) in [6, 6.07) is 0.489. The van der Waals surface area contributed by atoms with Crippen LogP contribution in [0.3, 0.4) is 0 Å². The molecule has 0 aromatic rings. The Hall–Kier alpha value is -1.05. The molecular formula is C12H20N2O2. The van der Waals surface area contributed by atoms with E-state index in [1.807, 2.05) is 0 Å². The van der Waals surface area contributed by atoms with Gasteiger partial charge in [0.05, 0.1) is 13.2 Å². The van der Waals surface area contributed by atoms with Crippen molar-refractivity contribution in [3.8, 4) is 11.8 Å². The average molecular weight is 224 g/mol. The van der Waals surface area contributed by atoms with Gasteiger partial charge in [-0.05, 0) is 19.3 Å². The van der Waals surface area contributed by atoms with Gasteiger partial charge in [0.1, 0.15) is 0 Å². The number of hydrogen-bond donors (Lipinski definition) is 1. The van der Waals surface area contributed by atoms with Gasteiger partial charge in [-0.3, -0.25) is 9.69 Å². The Labute approximate surface area is 97.3 Å². The minimum atomic E-state index is -0.191. The summed E-state index contributed by atoms with van der Waals surface area (Å²) in [4.78, 5) is 13.5. The molecule has 1 amide bonds. The van der Waals surface area contributed by atoms with Crippen molar-refractivity contribution in [3.05, 3.63) is 0 Å². The summed E-state index contributed by atoms with van der Waals surface area (Å²) in [6.07, 6.45) is 1.09. The molecule has 1 N–H and O–H groups in total. The Balaban J connectivity index is 2.24. The van der Waals surface area contributed by atoms with Crippen LogP contribution in [-0.2, 0) is 9.53 Å². The number of carbonyl (C=O) groups excluding carboxylic acids is 1. The molecule has 1 heterocycles. The second-order valence-electron chi connectivity index (χ2n) is 3.80. The summed E-state index contributed by atoms with van der Waals surface area (Å²) < 4.78 is 5.42. The molecule has 0 spiro atoms. The third-order valence-corrected chi connectivity index (χ3v) is 2.74. The topological polar surface area (TPSA) is 41.6 Å². The number of carbonyl (C=O) groups is 1. The van der Waals surface area contributed by atoms with Gasteiger partial charge in [-0.25, -0.2) is 0 Å². The van der Waals surface area contributed by atoms with E-state index in [0.717, 1.165) is 32.7 Å². The molecule has 90 valence electrons. The summed E-state index contributed by atoms with van der Waals surface area (Å²) in [5, 5.41) is 2.78. The van der Waals surface area contributed by atoms with E-state index in [9.17, 15) is 4.79 Å². The number of morpholine rings is 1. The van der Waals surface area contributed by atoms with E-state index < -0.39 is 0 Å². The molecule has 1 unspecified atom stereocenters. The lowest BCUT2D eigenvalue weighted by Crippen LogP contribution is -2.47. The molecule has 1 aliphatic rings. The quantitative estimate of drug-likeness (QED) is 0.695. The predicted octanol–water partition coefficient (Wildman–Crippen LogP) is 0.237. The van der Waals surface area contributed by atoms with Crippen LogP contribution in [0.2, 0.25) is 0 Å². The Morgan fingerprint density at radius 3 is 3.12 bits per heavy atom. The van der Waals surface area contributed by atoms with Crippen molar-refractivity contribution in [2.24, 2.45) is 0 Å². The van der Waals surface area contributed by atoms with E-state index in [1.54, 1.807) is 6.92 Å². The number of amides is 1. The maximum atomic E-state index is 11.1. The van der Waals surface area contributed by atoms with Crippen LogP contribution >= 0.6 is 0 Å². The fourth-order valence-corrected chi connectivity index (χ4v) is 1.83. The number of nitrogens with zero attached hydrogens (tertiary/aromatic N) is 1. The van der Waals surface area contributed by atoms with Crippen LogP contribution in [0.1, 0.15) is 20.3 Å². The fourth-order valence-electron chi connectivity index (χ4n) is 1.83. The lowest BCUT2D eigenvalue weighted by Gasteiger charge is -2.34. The first-order valence-corrected chi connectivity index (χ1v) is 5.80. The molecular weight excluding hydrogens is 204 g/mol. The summed E-state index contributed by atoms with van der Waals surface area (Å²) in [5.41, 5.74) is 0. The minimum Gasteiger partial charge on any atom is -0.378 e. The van der Waals surface area contributed by atoms with Crippen molar-refractivity contribution in [3.63, 3.8) is 0 Å².